The molecule has 0 unspecified atom stereocenters. The molecule has 0 aliphatic rings. The molecule has 0 aromatic heterocycles. The Morgan fingerprint density at radius 3 is 2.46 bits per heavy atom. The van der Waals surface area contributed by atoms with Gasteiger partial charge in [0.25, 0.3) is 0 Å². The fourth-order valence-corrected chi connectivity index (χ4v) is 2.61. The number of ether oxygens (including phenoxy) is 3. The smallest absolute Gasteiger partial charge is 0.338 e. The van der Waals surface area contributed by atoms with E-state index in [4.69, 9.17) is 19.9 Å². The van der Waals surface area contributed by atoms with E-state index in [1.807, 2.05) is 61.5 Å². The van der Waals surface area contributed by atoms with Crippen LogP contribution in [0.5, 0.6) is 11.5 Å². The molecule has 0 heterocycles. The van der Waals surface area contributed by atoms with E-state index in [2.05, 4.69) is 0 Å². The summed E-state index contributed by atoms with van der Waals surface area (Å²) in [7, 11) is 0. The number of esters is 1. The molecule has 3 aromatic rings. The number of carbonyl (C=O) groups is 1. The lowest BCUT2D eigenvalue weighted by atomic mass is 10.2. The molecule has 144 valence electrons. The first-order valence-corrected chi connectivity index (χ1v) is 9.04. The second kappa shape index (κ2) is 9.46. The molecule has 0 aliphatic heterocycles. The van der Waals surface area contributed by atoms with Crippen LogP contribution in [0.3, 0.4) is 0 Å². The van der Waals surface area contributed by atoms with E-state index < -0.39 is 5.97 Å². The molecular formula is C23H23NO4. The third-order valence-corrected chi connectivity index (χ3v) is 4.06. The number of hydrogen-bond donors (Lipinski definition) is 1. The van der Waals surface area contributed by atoms with Gasteiger partial charge in [0.1, 0.15) is 31.3 Å². The third kappa shape index (κ3) is 5.51. The van der Waals surface area contributed by atoms with Gasteiger partial charge >= 0.3 is 5.97 Å². The normalized spacial score (nSPS) is 10.3. The van der Waals surface area contributed by atoms with Crippen LogP contribution in [-0.4, -0.2) is 19.2 Å². The maximum Gasteiger partial charge on any atom is 0.338 e. The second-order valence-electron chi connectivity index (χ2n) is 6.33. The van der Waals surface area contributed by atoms with Crippen LogP contribution in [0, 0.1) is 6.92 Å². The minimum Gasteiger partial charge on any atom is -0.490 e. The lowest BCUT2D eigenvalue weighted by Gasteiger charge is -2.12. The Morgan fingerprint density at radius 1 is 0.893 bits per heavy atom. The van der Waals surface area contributed by atoms with Gasteiger partial charge in [-0.3, -0.25) is 0 Å². The fourth-order valence-electron chi connectivity index (χ4n) is 2.61. The third-order valence-electron chi connectivity index (χ3n) is 4.06. The van der Waals surface area contributed by atoms with Crippen LogP contribution in [0.4, 0.5) is 5.69 Å². The number of benzene rings is 3. The zero-order valence-electron chi connectivity index (χ0n) is 15.8. The van der Waals surface area contributed by atoms with Crippen molar-refractivity contribution in [2.24, 2.45) is 0 Å². The lowest BCUT2D eigenvalue weighted by Crippen LogP contribution is -2.11. The van der Waals surface area contributed by atoms with Gasteiger partial charge in [0.05, 0.1) is 11.3 Å². The molecule has 0 radical (unpaired) electrons. The minimum absolute atomic E-state index is 0.213. The van der Waals surface area contributed by atoms with E-state index in [0.29, 0.717) is 30.2 Å². The van der Waals surface area contributed by atoms with Crippen LogP contribution in [-0.2, 0) is 11.3 Å². The standard InChI is InChI=1S/C23H23NO4/c1-17-6-5-9-20(14-17)26-12-13-27-22-15-19(10-11-21(22)24)23(25)28-16-18-7-3-2-4-8-18/h2-11,14-15H,12-13,16,24H2,1H3. The van der Waals surface area contributed by atoms with Crippen LogP contribution in [0.2, 0.25) is 0 Å². The molecule has 0 bridgehead atoms. The number of carbonyl (C=O) groups excluding carboxylic acids is 1. The highest BCUT2D eigenvalue weighted by Gasteiger charge is 2.11. The molecule has 0 aliphatic carbocycles. The first-order chi connectivity index (χ1) is 13.6. The molecular weight excluding hydrogens is 354 g/mol. The highest BCUT2D eigenvalue weighted by atomic mass is 16.5. The fraction of sp³-hybridized carbons (Fsp3) is 0.174. The molecule has 0 saturated carbocycles. The van der Waals surface area contributed by atoms with Crippen molar-refractivity contribution >= 4 is 11.7 Å². The second-order valence-corrected chi connectivity index (χ2v) is 6.33. The monoisotopic (exact) mass is 377 g/mol. The number of aryl methyl sites for hydroxylation is 1. The number of anilines is 1. The van der Waals surface area contributed by atoms with Gasteiger partial charge in [0.15, 0.2) is 0 Å². The average molecular weight is 377 g/mol. The van der Waals surface area contributed by atoms with E-state index in [-0.39, 0.29) is 6.61 Å². The maximum absolute atomic E-state index is 12.3. The zero-order valence-corrected chi connectivity index (χ0v) is 15.8. The molecule has 0 atom stereocenters. The van der Waals surface area contributed by atoms with Crippen molar-refractivity contribution in [2.45, 2.75) is 13.5 Å². The van der Waals surface area contributed by atoms with Crippen molar-refractivity contribution in [1.29, 1.82) is 0 Å². The van der Waals surface area contributed by atoms with Crippen molar-refractivity contribution in [2.75, 3.05) is 18.9 Å². The van der Waals surface area contributed by atoms with Crippen molar-refractivity contribution in [3.63, 3.8) is 0 Å². The first-order valence-electron chi connectivity index (χ1n) is 9.04. The van der Waals surface area contributed by atoms with Crippen LogP contribution >= 0.6 is 0 Å². The van der Waals surface area contributed by atoms with Gasteiger partial charge in [-0.25, -0.2) is 4.79 Å². The molecule has 5 heteroatoms. The summed E-state index contributed by atoms with van der Waals surface area (Å²) in [6, 6.07) is 22.2. The maximum atomic E-state index is 12.3. The summed E-state index contributed by atoms with van der Waals surface area (Å²) in [5.41, 5.74) is 8.85. The van der Waals surface area contributed by atoms with Gasteiger partial charge in [-0.15, -0.1) is 0 Å². The number of nitrogen functional groups attached to an aromatic ring is 1. The van der Waals surface area contributed by atoms with E-state index >= 15 is 0 Å². The van der Waals surface area contributed by atoms with Crippen molar-refractivity contribution in [3.05, 3.63) is 89.5 Å². The Kier molecular flexibility index (Phi) is 6.52. The summed E-state index contributed by atoms with van der Waals surface area (Å²) in [6.07, 6.45) is 0. The van der Waals surface area contributed by atoms with Crippen LogP contribution < -0.4 is 15.2 Å². The Morgan fingerprint density at radius 2 is 1.68 bits per heavy atom. The van der Waals surface area contributed by atoms with Gasteiger partial charge in [-0.2, -0.15) is 0 Å². The summed E-state index contributed by atoms with van der Waals surface area (Å²) in [5.74, 6) is 0.793. The Balaban J connectivity index is 1.53. The molecule has 5 nitrogen and oxygen atoms in total. The summed E-state index contributed by atoms with van der Waals surface area (Å²) < 4.78 is 16.7. The highest BCUT2D eigenvalue weighted by Crippen LogP contribution is 2.23. The summed E-state index contributed by atoms with van der Waals surface area (Å²) in [4.78, 5) is 12.3. The van der Waals surface area contributed by atoms with Gasteiger partial charge in [-0.05, 0) is 48.4 Å². The predicted molar refractivity (Wildman–Crippen MR) is 109 cm³/mol. The van der Waals surface area contributed by atoms with Gasteiger partial charge in [-0.1, -0.05) is 42.5 Å². The molecule has 0 fully saturated rings. The quantitative estimate of drug-likeness (QED) is 0.358. The highest BCUT2D eigenvalue weighted by molar-refractivity contribution is 5.90. The number of rotatable bonds is 8. The van der Waals surface area contributed by atoms with Crippen LogP contribution in [0.15, 0.2) is 72.8 Å². The predicted octanol–water partition coefficient (Wildman–Crippen LogP) is 4.39. The van der Waals surface area contributed by atoms with E-state index in [9.17, 15) is 4.79 Å². The topological polar surface area (TPSA) is 70.8 Å². The van der Waals surface area contributed by atoms with Crippen LogP contribution in [0.1, 0.15) is 21.5 Å². The van der Waals surface area contributed by atoms with Crippen molar-refractivity contribution in [3.8, 4) is 11.5 Å². The molecule has 2 N–H and O–H groups in total. The average Bonchev–Trinajstić information content (AvgIpc) is 2.71. The Labute approximate surface area is 164 Å². The Bertz CT molecular complexity index is 925. The minimum atomic E-state index is -0.426. The summed E-state index contributed by atoms with van der Waals surface area (Å²) >= 11 is 0. The van der Waals surface area contributed by atoms with E-state index in [1.165, 1.54) is 0 Å². The van der Waals surface area contributed by atoms with Gasteiger partial charge in [0.2, 0.25) is 0 Å². The SMILES string of the molecule is Cc1cccc(OCCOc2cc(C(=O)OCc3ccccc3)ccc2N)c1. The molecule has 0 amide bonds. The molecule has 28 heavy (non-hydrogen) atoms. The van der Waals surface area contributed by atoms with Crippen molar-refractivity contribution in [1.82, 2.24) is 0 Å². The molecule has 0 saturated heterocycles. The number of nitrogens with two attached hydrogens (primary N) is 1. The summed E-state index contributed by atoms with van der Waals surface area (Å²) in [6.45, 7) is 2.89. The van der Waals surface area contributed by atoms with Crippen molar-refractivity contribution < 1.29 is 19.0 Å². The largest absolute Gasteiger partial charge is 0.490 e. The van der Waals surface area contributed by atoms with E-state index in [0.717, 1.165) is 16.9 Å². The Hall–Kier alpha value is -3.47. The molecule has 3 aromatic carbocycles. The van der Waals surface area contributed by atoms with Gasteiger partial charge in [0, 0.05) is 0 Å². The van der Waals surface area contributed by atoms with Gasteiger partial charge < -0.3 is 19.9 Å². The number of hydrogen-bond acceptors (Lipinski definition) is 5. The summed E-state index contributed by atoms with van der Waals surface area (Å²) in [5, 5.41) is 0. The molecule has 0 spiro atoms. The van der Waals surface area contributed by atoms with E-state index in [1.54, 1.807) is 18.2 Å². The molecule has 3 rings (SSSR count). The lowest BCUT2D eigenvalue weighted by molar-refractivity contribution is 0.0472. The zero-order chi connectivity index (χ0) is 19.8. The first kappa shape index (κ1) is 19.3. The van der Waals surface area contributed by atoms with Crippen LogP contribution in [0.25, 0.3) is 0 Å².